The molecule has 4 aromatic rings. The molecule has 0 fully saturated rings. The van der Waals surface area contributed by atoms with Crippen LogP contribution >= 0.6 is 15.9 Å². The third-order valence-corrected chi connectivity index (χ3v) is 4.72. The van der Waals surface area contributed by atoms with Crippen LogP contribution in [-0.2, 0) is 6.42 Å². The van der Waals surface area contributed by atoms with Gasteiger partial charge in [-0.15, -0.1) is 0 Å². The van der Waals surface area contributed by atoms with E-state index in [-0.39, 0.29) is 29.5 Å². The molecule has 1 unspecified atom stereocenters. The van der Waals surface area contributed by atoms with E-state index in [0.717, 1.165) is 10.0 Å². The molecule has 4 rings (SSSR count). The van der Waals surface area contributed by atoms with Crippen LogP contribution in [0.3, 0.4) is 0 Å². The van der Waals surface area contributed by atoms with Crippen molar-refractivity contribution in [2.45, 2.75) is 12.5 Å². The predicted octanol–water partition coefficient (Wildman–Crippen LogP) is 4.34. The van der Waals surface area contributed by atoms with Crippen molar-refractivity contribution >= 4 is 21.6 Å². The predicted molar refractivity (Wildman–Crippen MR) is 105 cm³/mol. The van der Waals surface area contributed by atoms with E-state index in [2.05, 4.69) is 31.2 Å². The van der Waals surface area contributed by atoms with Crippen LogP contribution in [0, 0.1) is 10.1 Å². The minimum absolute atomic E-state index is 0.0941. The number of hydrogen-bond donors (Lipinski definition) is 1. The molecular formula is C19H13BrN4O5. The SMILES string of the molecule is O=[N+]([O-])c1ccccc1-c1cc(-c2nc(CC(O)c3ccc(Br)cc3)no2)no1. The van der Waals surface area contributed by atoms with Gasteiger partial charge in [0.2, 0.25) is 0 Å². The van der Waals surface area contributed by atoms with Gasteiger partial charge in [-0.25, -0.2) is 0 Å². The Hall–Kier alpha value is -3.37. The number of hydrogen-bond acceptors (Lipinski definition) is 8. The van der Waals surface area contributed by atoms with Gasteiger partial charge in [-0.05, 0) is 23.8 Å². The molecule has 146 valence electrons. The van der Waals surface area contributed by atoms with Crippen LogP contribution < -0.4 is 0 Å². The maximum atomic E-state index is 11.2. The maximum absolute atomic E-state index is 11.2. The Kier molecular flexibility index (Phi) is 5.19. The molecular weight excluding hydrogens is 444 g/mol. The Morgan fingerprint density at radius 1 is 1.10 bits per heavy atom. The summed E-state index contributed by atoms with van der Waals surface area (Å²) in [4.78, 5) is 14.9. The summed E-state index contributed by atoms with van der Waals surface area (Å²) in [6, 6.07) is 14.9. The molecule has 2 heterocycles. The number of rotatable bonds is 6. The highest BCUT2D eigenvalue weighted by Crippen LogP contribution is 2.32. The number of halogens is 1. The van der Waals surface area contributed by atoms with Gasteiger partial charge in [0, 0.05) is 23.0 Å². The van der Waals surface area contributed by atoms with E-state index < -0.39 is 11.0 Å². The molecule has 0 aliphatic carbocycles. The zero-order chi connectivity index (χ0) is 20.4. The lowest BCUT2D eigenvalue weighted by atomic mass is 10.1. The summed E-state index contributed by atoms with van der Waals surface area (Å²) in [5.74, 6) is 0.601. The minimum Gasteiger partial charge on any atom is -0.388 e. The molecule has 0 saturated carbocycles. The van der Waals surface area contributed by atoms with E-state index in [9.17, 15) is 15.2 Å². The first-order valence-corrected chi connectivity index (χ1v) is 9.27. The van der Waals surface area contributed by atoms with E-state index in [1.807, 2.05) is 12.1 Å². The average Bonchev–Trinajstić information content (AvgIpc) is 3.38. The molecule has 9 nitrogen and oxygen atoms in total. The zero-order valence-electron chi connectivity index (χ0n) is 14.7. The second-order valence-corrected chi connectivity index (χ2v) is 7.05. The maximum Gasteiger partial charge on any atom is 0.280 e. The summed E-state index contributed by atoms with van der Waals surface area (Å²) in [7, 11) is 0. The lowest BCUT2D eigenvalue weighted by Gasteiger charge is -2.08. The molecule has 0 amide bonds. The average molecular weight is 457 g/mol. The van der Waals surface area contributed by atoms with Crippen LogP contribution in [0.1, 0.15) is 17.5 Å². The van der Waals surface area contributed by atoms with Crippen molar-refractivity contribution in [2.75, 3.05) is 0 Å². The van der Waals surface area contributed by atoms with Crippen LogP contribution in [0.5, 0.6) is 0 Å². The monoisotopic (exact) mass is 456 g/mol. The van der Waals surface area contributed by atoms with Gasteiger partial charge in [0.25, 0.3) is 11.6 Å². The number of nitro benzene ring substituents is 1. The molecule has 0 spiro atoms. The van der Waals surface area contributed by atoms with Gasteiger partial charge in [0.1, 0.15) is 0 Å². The van der Waals surface area contributed by atoms with Crippen molar-refractivity contribution in [1.82, 2.24) is 15.3 Å². The molecule has 0 bridgehead atoms. The number of aromatic nitrogens is 3. The first kappa shape index (κ1) is 19.0. The first-order chi connectivity index (χ1) is 14.0. The summed E-state index contributed by atoms with van der Waals surface area (Å²) in [6.45, 7) is 0. The van der Waals surface area contributed by atoms with Gasteiger partial charge in [-0.2, -0.15) is 4.98 Å². The standard InChI is InChI=1S/C19H13BrN4O5/c20-12-7-5-11(6-8-12)16(25)10-18-21-19(29-23-18)14-9-17(28-22-14)13-3-1-2-4-15(13)24(26)27/h1-9,16,25H,10H2. The number of aliphatic hydroxyl groups is 1. The second kappa shape index (κ2) is 7.94. The molecule has 0 aliphatic rings. The fourth-order valence-corrected chi connectivity index (χ4v) is 3.03. The molecule has 29 heavy (non-hydrogen) atoms. The quantitative estimate of drug-likeness (QED) is 0.335. The summed E-state index contributed by atoms with van der Waals surface area (Å²) >= 11 is 3.35. The van der Waals surface area contributed by atoms with E-state index in [0.29, 0.717) is 11.4 Å². The van der Waals surface area contributed by atoms with Crippen LogP contribution in [0.2, 0.25) is 0 Å². The second-order valence-electron chi connectivity index (χ2n) is 6.14. The fourth-order valence-electron chi connectivity index (χ4n) is 2.76. The fraction of sp³-hybridized carbons (Fsp3) is 0.105. The molecule has 0 radical (unpaired) electrons. The van der Waals surface area contributed by atoms with E-state index >= 15 is 0 Å². The van der Waals surface area contributed by atoms with Crippen molar-refractivity contribution in [2.24, 2.45) is 0 Å². The summed E-state index contributed by atoms with van der Waals surface area (Å²) in [5.41, 5.74) is 1.16. The van der Waals surface area contributed by atoms with Crippen molar-refractivity contribution in [3.05, 3.63) is 80.6 Å². The van der Waals surface area contributed by atoms with Crippen molar-refractivity contribution in [1.29, 1.82) is 0 Å². The van der Waals surface area contributed by atoms with E-state index in [1.54, 1.807) is 30.3 Å². The minimum atomic E-state index is -0.798. The topological polar surface area (TPSA) is 128 Å². The molecule has 0 aliphatic heterocycles. The van der Waals surface area contributed by atoms with Crippen LogP contribution in [0.15, 0.2) is 68.1 Å². The van der Waals surface area contributed by atoms with Gasteiger partial charge < -0.3 is 14.2 Å². The highest BCUT2D eigenvalue weighted by molar-refractivity contribution is 9.10. The van der Waals surface area contributed by atoms with Crippen molar-refractivity contribution in [3.63, 3.8) is 0 Å². The van der Waals surface area contributed by atoms with E-state index in [4.69, 9.17) is 9.05 Å². The molecule has 2 aromatic heterocycles. The smallest absolute Gasteiger partial charge is 0.280 e. The number of benzene rings is 2. The van der Waals surface area contributed by atoms with Gasteiger partial charge >= 0.3 is 0 Å². The highest BCUT2D eigenvalue weighted by atomic mass is 79.9. The molecule has 1 N–H and O–H groups in total. The number of para-hydroxylation sites is 1. The third kappa shape index (κ3) is 4.08. The van der Waals surface area contributed by atoms with Crippen molar-refractivity contribution in [3.8, 4) is 22.9 Å². The third-order valence-electron chi connectivity index (χ3n) is 4.19. The Bertz CT molecular complexity index is 1160. The number of aliphatic hydroxyl groups excluding tert-OH is 1. The summed E-state index contributed by atoms with van der Waals surface area (Å²) in [6.07, 6.45) is -0.645. The molecule has 0 saturated heterocycles. The highest BCUT2D eigenvalue weighted by Gasteiger charge is 2.21. The lowest BCUT2D eigenvalue weighted by Crippen LogP contribution is -2.03. The Morgan fingerprint density at radius 3 is 2.62 bits per heavy atom. The van der Waals surface area contributed by atoms with Gasteiger partial charge in [-0.1, -0.05) is 50.5 Å². The van der Waals surface area contributed by atoms with Gasteiger partial charge in [0.15, 0.2) is 17.3 Å². The van der Waals surface area contributed by atoms with Crippen LogP contribution in [0.4, 0.5) is 5.69 Å². The van der Waals surface area contributed by atoms with Crippen molar-refractivity contribution < 1.29 is 19.1 Å². The summed E-state index contributed by atoms with van der Waals surface area (Å²) in [5, 5.41) is 29.3. The van der Waals surface area contributed by atoms with Crippen LogP contribution in [0.25, 0.3) is 22.9 Å². The van der Waals surface area contributed by atoms with Gasteiger partial charge in [-0.3, -0.25) is 10.1 Å². The van der Waals surface area contributed by atoms with E-state index in [1.165, 1.54) is 12.1 Å². The molecule has 10 heteroatoms. The molecule has 1 atom stereocenters. The number of nitro groups is 1. The molecule has 2 aromatic carbocycles. The number of nitrogens with zero attached hydrogens (tertiary/aromatic N) is 4. The lowest BCUT2D eigenvalue weighted by molar-refractivity contribution is -0.384. The van der Waals surface area contributed by atoms with Gasteiger partial charge in [0.05, 0.1) is 16.6 Å². The Balaban J connectivity index is 1.53. The Labute approximate surface area is 172 Å². The normalized spacial score (nSPS) is 12.1. The summed E-state index contributed by atoms with van der Waals surface area (Å²) < 4.78 is 11.3. The zero-order valence-corrected chi connectivity index (χ0v) is 16.3. The Morgan fingerprint density at radius 2 is 1.86 bits per heavy atom. The first-order valence-electron chi connectivity index (χ1n) is 8.48. The largest absolute Gasteiger partial charge is 0.388 e. The van der Waals surface area contributed by atoms with Crippen LogP contribution in [-0.4, -0.2) is 25.3 Å².